The average molecular weight is 383 g/mol. The highest BCUT2D eigenvalue weighted by molar-refractivity contribution is 9.11. The number of benzene rings is 1. The number of rotatable bonds is 5. The van der Waals surface area contributed by atoms with Gasteiger partial charge in [0.2, 0.25) is 0 Å². The van der Waals surface area contributed by atoms with Gasteiger partial charge < -0.3 is 10.2 Å². The first-order valence-electron chi connectivity index (χ1n) is 4.98. The van der Waals surface area contributed by atoms with E-state index < -0.39 is 18.0 Å². The summed E-state index contributed by atoms with van der Waals surface area (Å²) < 4.78 is 14.6. The van der Waals surface area contributed by atoms with Crippen molar-refractivity contribution in [1.82, 2.24) is 0 Å². The number of hydrogen-bond acceptors (Lipinski definition) is 3. The van der Waals surface area contributed by atoms with Crippen LogP contribution < -0.4 is 0 Å². The van der Waals surface area contributed by atoms with Gasteiger partial charge in [-0.2, -0.15) is 0 Å². The van der Waals surface area contributed by atoms with Crippen LogP contribution in [0.4, 0.5) is 4.39 Å². The molecule has 0 amide bonds. The lowest BCUT2D eigenvalue weighted by Crippen LogP contribution is -2.20. The molecule has 1 rings (SSSR count). The van der Waals surface area contributed by atoms with Crippen LogP contribution in [-0.4, -0.2) is 22.9 Å². The molecule has 8 heteroatoms. The summed E-state index contributed by atoms with van der Waals surface area (Å²) in [7, 11) is 0. The highest BCUT2D eigenvalue weighted by Crippen LogP contribution is 2.32. The van der Waals surface area contributed by atoms with Crippen LogP contribution >= 0.6 is 31.9 Å². The van der Waals surface area contributed by atoms with E-state index in [0.717, 1.165) is 0 Å². The van der Waals surface area contributed by atoms with Gasteiger partial charge in [0.1, 0.15) is 11.9 Å². The number of azide groups is 1. The summed E-state index contributed by atoms with van der Waals surface area (Å²) in [5.74, 6) is -0.633. The average Bonchev–Trinajstić information content (AvgIpc) is 2.27. The Morgan fingerprint density at radius 1 is 1.39 bits per heavy atom. The number of aliphatic hydroxyl groups is 2. The molecule has 0 heterocycles. The van der Waals surface area contributed by atoms with Gasteiger partial charge in [-0.05, 0) is 24.1 Å². The first kappa shape index (κ1) is 15.4. The fourth-order valence-corrected chi connectivity index (χ4v) is 2.83. The minimum absolute atomic E-state index is 0.0216. The van der Waals surface area contributed by atoms with E-state index in [4.69, 9.17) is 5.53 Å². The minimum Gasteiger partial charge on any atom is -0.390 e. The molecular formula is C10H10Br2FN3O2. The van der Waals surface area contributed by atoms with Crippen LogP contribution in [0.1, 0.15) is 18.1 Å². The highest BCUT2D eigenvalue weighted by atomic mass is 79.9. The van der Waals surface area contributed by atoms with Crippen LogP contribution in [0.25, 0.3) is 10.4 Å². The summed E-state index contributed by atoms with van der Waals surface area (Å²) in [5, 5.41) is 22.8. The van der Waals surface area contributed by atoms with Gasteiger partial charge in [-0.15, -0.1) is 0 Å². The number of halogens is 3. The molecule has 0 radical (unpaired) electrons. The largest absolute Gasteiger partial charge is 0.390 e. The number of nitrogens with zero attached hydrogens (tertiary/aromatic N) is 3. The van der Waals surface area contributed by atoms with Crippen molar-refractivity contribution in [3.05, 3.63) is 42.9 Å². The quantitative estimate of drug-likeness (QED) is 0.464. The molecule has 1 aromatic rings. The molecule has 98 valence electrons. The van der Waals surface area contributed by atoms with Gasteiger partial charge in [0.15, 0.2) is 0 Å². The van der Waals surface area contributed by atoms with Crippen molar-refractivity contribution < 1.29 is 14.6 Å². The summed E-state index contributed by atoms with van der Waals surface area (Å²) in [6.07, 6.45) is -2.54. The van der Waals surface area contributed by atoms with Gasteiger partial charge in [0.05, 0.1) is 6.10 Å². The van der Waals surface area contributed by atoms with E-state index in [9.17, 15) is 14.6 Å². The Bertz CT molecular complexity index is 457. The predicted octanol–water partition coefficient (Wildman–Crippen LogP) is 3.45. The van der Waals surface area contributed by atoms with E-state index in [1.807, 2.05) is 0 Å². The molecule has 0 aromatic heterocycles. The Morgan fingerprint density at radius 2 is 2.06 bits per heavy atom. The normalized spacial score (nSPS) is 13.8. The second-order valence-corrected chi connectivity index (χ2v) is 5.31. The third-order valence-electron chi connectivity index (χ3n) is 2.29. The van der Waals surface area contributed by atoms with Gasteiger partial charge in [-0.1, -0.05) is 37.0 Å². The van der Waals surface area contributed by atoms with Crippen molar-refractivity contribution in [2.45, 2.75) is 18.6 Å². The first-order chi connectivity index (χ1) is 8.47. The summed E-state index contributed by atoms with van der Waals surface area (Å²) in [4.78, 5) is 2.53. The maximum absolute atomic E-state index is 13.7. The Kier molecular flexibility index (Phi) is 6.04. The highest BCUT2D eigenvalue weighted by Gasteiger charge is 2.24. The van der Waals surface area contributed by atoms with E-state index in [1.54, 1.807) is 6.07 Å². The van der Waals surface area contributed by atoms with E-state index in [2.05, 4.69) is 41.9 Å². The van der Waals surface area contributed by atoms with Crippen LogP contribution in [0, 0.1) is 5.82 Å². The number of hydrogen-bond donors (Lipinski definition) is 2. The van der Waals surface area contributed by atoms with Gasteiger partial charge >= 0.3 is 0 Å². The molecule has 0 spiro atoms. The Morgan fingerprint density at radius 3 is 2.61 bits per heavy atom. The van der Waals surface area contributed by atoms with E-state index in [0.29, 0.717) is 8.95 Å². The molecule has 5 nitrogen and oxygen atoms in total. The number of aliphatic hydroxyl groups excluding tert-OH is 2. The topological polar surface area (TPSA) is 89.2 Å². The lowest BCUT2D eigenvalue weighted by Gasteiger charge is -2.19. The predicted molar refractivity (Wildman–Crippen MR) is 71.4 cm³/mol. The third kappa shape index (κ3) is 3.93. The van der Waals surface area contributed by atoms with E-state index in [-0.39, 0.29) is 18.5 Å². The van der Waals surface area contributed by atoms with Crippen LogP contribution in [-0.2, 0) is 0 Å². The molecule has 1 aromatic carbocycles. The van der Waals surface area contributed by atoms with Gasteiger partial charge in [0.25, 0.3) is 0 Å². The molecule has 0 fully saturated rings. The fraction of sp³-hybridized carbons (Fsp3) is 0.400. The third-order valence-corrected chi connectivity index (χ3v) is 3.41. The van der Waals surface area contributed by atoms with Crippen LogP contribution in [0.15, 0.2) is 26.2 Å². The van der Waals surface area contributed by atoms with Crippen LogP contribution in [0.3, 0.4) is 0 Å². The van der Waals surface area contributed by atoms with Crippen LogP contribution in [0.5, 0.6) is 0 Å². The second-order valence-electron chi connectivity index (χ2n) is 3.54. The molecular weight excluding hydrogens is 373 g/mol. The smallest absolute Gasteiger partial charge is 0.131 e. The summed E-state index contributed by atoms with van der Waals surface area (Å²) in [6.45, 7) is 0.0322. The van der Waals surface area contributed by atoms with Crippen molar-refractivity contribution in [3.8, 4) is 0 Å². The van der Waals surface area contributed by atoms with E-state index in [1.165, 1.54) is 6.07 Å². The summed E-state index contributed by atoms with van der Waals surface area (Å²) in [5.41, 5.74) is 8.07. The maximum atomic E-state index is 13.7. The molecule has 2 N–H and O–H groups in total. The minimum atomic E-state index is -1.39. The molecule has 18 heavy (non-hydrogen) atoms. The zero-order chi connectivity index (χ0) is 13.7. The van der Waals surface area contributed by atoms with Crippen molar-refractivity contribution in [3.63, 3.8) is 0 Å². The van der Waals surface area contributed by atoms with Crippen molar-refractivity contribution >= 4 is 31.9 Å². The second kappa shape index (κ2) is 7.06. The monoisotopic (exact) mass is 381 g/mol. The zero-order valence-corrected chi connectivity index (χ0v) is 12.3. The Balaban J connectivity index is 2.89. The van der Waals surface area contributed by atoms with Crippen molar-refractivity contribution in [2.75, 3.05) is 6.54 Å². The summed E-state index contributed by atoms with van der Waals surface area (Å²) in [6, 6.07) is 2.77. The molecule has 0 bridgehead atoms. The van der Waals surface area contributed by atoms with Gasteiger partial charge in [0, 0.05) is 26.0 Å². The molecule has 0 aliphatic rings. The molecule has 2 atom stereocenters. The Labute approximate surface area is 120 Å². The van der Waals surface area contributed by atoms with E-state index >= 15 is 0 Å². The molecule has 0 saturated carbocycles. The maximum Gasteiger partial charge on any atom is 0.131 e. The SMILES string of the molecule is [N-]=[N+]=NCCC(O)C(O)c1c(F)cc(Br)cc1Br. The Hall–Kier alpha value is -0.660. The van der Waals surface area contributed by atoms with Crippen LogP contribution in [0.2, 0.25) is 0 Å². The van der Waals surface area contributed by atoms with Gasteiger partial charge in [-0.25, -0.2) is 4.39 Å². The van der Waals surface area contributed by atoms with Crippen molar-refractivity contribution in [2.24, 2.45) is 5.11 Å². The first-order valence-corrected chi connectivity index (χ1v) is 6.57. The lowest BCUT2D eigenvalue weighted by atomic mass is 10.0. The molecule has 0 saturated heterocycles. The molecule has 2 unspecified atom stereocenters. The molecule has 0 aliphatic carbocycles. The van der Waals surface area contributed by atoms with Crippen molar-refractivity contribution in [1.29, 1.82) is 0 Å². The van der Waals surface area contributed by atoms with Gasteiger partial charge in [-0.3, -0.25) is 0 Å². The molecule has 0 aliphatic heterocycles. The standard InChI is InChI=1S/C10H10Br2FN3O2/c11-5-3-6(12)9(7(13)4-5)10(18)8(17)1-2-15-16-14/h3-4,8,10,17-18H,1-2H2. The summed E-state index contributed by atoms with van der Waals surface area (Å²) >= 11 is 6.24. The zero-order valence-electron chi connectivity index (χ0n) is 9.09. The lowest BCUT2D eigenvalue weighted by molar-refractivity contribution is 0.0125. The fourth-order valence-electron chi connectivity index (χ4n) is 1.42.